The largest absolute Gasteiger partial charge is 0.493 e. The summed E-state index contributed by atoms with van der Waals surface area (Å²) in [7, 11) is 3.25. The number of hydrogen-bond acceptors (Lipinski definition) is 4. The minimum absolute atomic E-state index is 0.105. The molecule has 5 heteroatoms. The van der Waals surface area contributed by atoms with E-state index in [-0.39, 0.29) is 6.04 Å². The van der Waals surface area contributed by atoms with Gasteiger partial charge in [0.15, 0.2) is 11.5 Å². The lowest BCUT2D eigenvalue weighted by Gasteiger charge is -2.17. The average molecular weight is 293 g/mol. The highest BCUT2D eigenvalue weighted by molar-refractivity contribution is 6.29. The van der Waals surface area contributed by atoms with Gasteiger partial charge in [0.05, 0.1) is 14.2 Å². The van der Waals surface area contributed by atoms with Crippen molar-refractivity contribution in [1.82, 2.24) is 4.98 Å². The molecule has 0 saturated carbocycles. The van der Waals surface area contributed by atoms with E-state index in [2.05, 4.69) is 17.2 Å². The molecular weight excluding hydrogens is 276 g/mol. The van der Waals surface area contributed by atoms with Crippen molar-refractivity contribution in [3.8, 4) is 11.5 Å². The minimum atomic E-state index is 0.105. The van der Waals surface area contributed by atoms with Crippen molar-refractivity contribution in [3.63, 3.8) is 0 Å². The Morgan fingerprint density at radius 3 is 2.50 bits per heavy atom. The molecule has 106 valence electrons. The summed E-state index contributed by atoms with van der Waals surface area (Å²) in [6.45, 7) is 2.07. The Morgan fingerprint density at radius 1 is 1.10 bits per heavy atom. The number of benzene rings is 1. The maximum Gasteiger partial charge on any atom is 0.161 e. The second-order valence-electron chi connectivity index (χ2n) is 4.35. The molecule has 2 rings (SSSR count). The summed E-state index contributed by atoms with van der Waals surface area (Å²) in [5.74, 6) is 1.43. The fraction of sp³-hybridized carbons (Fsp3) is 0.267. The molecule has 0 fully saturated rings. The fourth-order valence-electron chi connectivity index (χ4n) is 1.95. The van der Waals surface area contributed by atoms with Gasteiger partial charge in [-0.1, -0.05) is 17.7 Å². The van der Waals surface area contributed by atoms with Gasteiger partial charge in [-0.05, 0) is 36.8 Å². The molecule has 4 nitrogen and oxygen atoms in total. The van der Waals surface area contributed by atoms with Crippen LogP contribution in [0.5, 0.6) is 11.5 Å². The third kappa shape index (κ3) is 3.33. The second kappa shape index (κ2) is 6.48. The van der Waals surface area contributed by atoms with Gasteiger partial charge in [-0.3, -0.25) is 0 Å². The van der Waals surface area contributed by atoms with Gasteiger partial charge in [0.1, 0.15) is 5.15 Å². The standard InChI is InChI=1S/C15H17ClN2O2/c1-10(18-12-6-7-17-15(16)9-12)11-4-5-13(19-2)14(8-11)20-3/h4-10H,1-3H3,(H,17,18). The number of halogens is 1. The first-order valence-electron chi connectivity index (χ1n) is 6.24. The number of pyridine rings is 1. The molecule has 1 N–H and O–H groups in total. The maximum absolute atomic E-state index is 5.87. The van der Waals surface area contributed by atoms with E-state index in [0.29, 0.717) is 10.9 Å². The van der Waals surface area contributed by atoms with Crippen molar-refractivity contribution >= 4 is 17.3 Å². The lowest BCUT2D eigenvalue weighted by Crippen LogP contribution is -2.07. The molecule has 0 saturated heterocycles. The summed E-state index contributed by atoms with van der Waals surface area (Å²) in [5.41, 5.74) is 2.02. The lowest BCUT2D eigenvalue weighted by atomic mass is 10.1. The number of nitrogens with one attached hydrogen (secondary N) is 1. The Bertz CT molecular complexity index is 590. The fourth-order valence-corrected chi connectivity index (χ4v) is 2.12. The van der Waals surface area contributed by atoms with E-state index in [1.54, 1.807) is 26.5 Å². The number of methoxy groups -OCH3 is 2. The molecule has 1 unspecified atom stereocenters. The van der Waals surface area contributed by atoms with Crippen molar-refractivity contribution in [1.29, 1.82) is 0 Å². The van der Waals surface area contributed by atoms with Crippen molar-refractivity contribution in [3.05, 3.63) is 47.2 Å². The number of nitrogens with zero attached hydrogens (tertiary/aromatic N) is 1. The smallest absolute Gasteiger partial charge is 0.161 e. The summed E-state index contributed by atoms with van der Waals surface area (Å²) in [5, 5.41) is 3.83. The van der Waals surface area contributed by atoms with E-state index >= 15 is 0 Å². The topological polar surface area (TPSA) is 43.4 Å². The van der Waals surface area contributed by atoms with E-state index in [9.17, 15) is 0 Å². The summed E-state index contributed by atoms with van der Waals surface area (Å²) >= 11 is 5.87. The van der Waals surface area contributed by atoms with Crippen LogP contribution in [-0.2, 0) is 0 Å². The Labute approximate surface area is 123 Å². The minimum Gasteiger partial charge on any atom is -0.493 e. The first kappa shape index (κ1) is 14.5. The normalized spacial score (nSPS) is 11.8. The molecule has 1 atom stereocenters. The molecule has 0 radical (unpaired) electrons. The zero-order chi connectivity index (χ0) is 14.5. The van der Waals surface area contributed by atoms with E-state index in [0.717, 1.165) is 17.0 Å². The Kier molecular flexibility index (Phi) is 4.69. The molecule has 0 spiro atoms. The van der Waals surface area contributed by atoms with Crippen LogP contribution in [0.15, 0.2) is 36.5 Å². The van der Waals surface area contributed by atoms with Crippen molar-refractivity contribution in [2.75, 3.05) is 19.5 Å². The first-order chi connectivity index (χ1) is 9.63. The van der Waals surface area contributed by atoms with Crippen LogP contribution in [0.25, 0.3) is 0 Å². The molecule has 0 amide bonds. The molecule has 1 heterocycles. The molecule has 0 aliphatic rings. The molecule has 0 aliphatic carbocycles. The van der Waals surface area contributed by atoms with Gasteiger partial charge in [0.25, 0.3) is 0 Å². The summed E-state index contributed by atoms with van der Waals surface area (Å²) in [4.78, 5) is 3.96. The number of ether oxygens (including phenoxy) is 2. The summed E-state index contributed by atoms with van der Waals surface area (Å²) in [6, 6.07) is 9.63. The molecule has 2 aromatic rings. The van der Waals surface area contributed by atoms with Crippen LogP contribution >= 0.6 is 11.6 Å². The molecule has 20 heavy (non-hydrogen) atoms. The number of aromatic nitrogens is 1. The number of anilines is 1. The van der Waals surface area contributed by atoms with Crippen LogP contribution in [0.4, 0.5) is 5.69 Å². The van der Waals surface area contributed by atoms with E-state index in [4.69, 9.17) is 21.1 Å². The van der Waals surface area contributed by atoms with Crippen LogP contribution < -0.4 is 14.8 Å². The molecule has 1 aromatic heterocycles. The summed E-state index contributed by atoms with van der Waals surface area (Å²) < 4.78 is 10.5. The van der Waals surface area contributed by atoms with Crippen LogP contribution in [-0.4, -0.2) is 19.2 Å². The second-order valence-corrected chi connectivity index (χ2v) is 4.73. The van der Waals surface area contributed by atoms with Crippen molar-refractivity contribution in [2.24, 2.45) is 0 Å². The van der Waals surface area contributed by atoms with Crippen molar-refractivity contribution in [2.45, 2.75) is 13.0 Å². The monoisotopic (exact) mass is 292 g/mol. The van der Waals surface area contributed by atoms with Gasteiger partial charge < -0.3 is 14.8 Å². The van der Waals surface area contributed by atoms with Gasteiger partial charge >= 0.3 is 0 Å². The van der Waals surface area contributed by atoms with E-state index < -0.39 is 0 Å². The highest BCUT2D eigenvalue weighted by atomic mass is 35.5. The molecule has 0 bridgehead atoms. The maximum atomic E-state index is 5.87. The predicted molar refractivity (Wildman–Crippen MR) is 80.8 cm³/mol. The Balaban J connectivity index is 2.18. The predicted octanol–water partition coefficient (Wildman–Crippen LogP) is 3.93. The van der Waals surface area contributed by atoms with E-state index in [1.165, 1.54) is 0 Å². The molecule has 0 aliphatic heterocycles. The highest BCUT2D eigenvalue weighted by Crippen LogP contribution is 2.31. The van der Waals surface area contributed by atoms with Crippen LogP contribution in [0.1, 0.15) is 18.5 Å². The lowest BCUT2D eigenvalue weighted by molar-refractivity contribution is 0.354. The molecular formula is C15H17ClN2O2. The zero-order valence-corrected chi connectivity index (χ0v) is 12.4. The van der Waals surface area contributed by atoms with E-state index in [1.807, 2.05) is 24.3 Å². The van der Waals surface area contributed by atoms with Crippen molar-refractivity contribution < 1.29 is 9.47 Å². The third-order valence-corrected chi connectivity index (χ3v) is 3.22. The van der Waals surface area contributed by atoms with Gasteiger partial charge in [0, 0.05) is 17.9 Å². The SMILES string of the molecule is COc1ccc(C(C)Nc2ccnc(Cl)c2)cc1OC. The average Bonchev–Trinajstić information content (AvgIpc) is 2.46. The first-order valence-corrected chi connectivity index (χ1v) is 6.62. The van der Waals surface area contributed by atoms with Gasteiger partial charge in [-0.15, -0.1) is 0 Å². The summed E-state index contributed by atoms with van der Waals surface area (Å²) in [6.07, 6.45) is 1.67. The van der Waals surface area contributed by atoms with Gasteiger partial charge in [-0.25, -0.2) is 4.98 Å². The number of rotatable bonds is 5. The van der Waals surface area contributed by atoms with Crippen LogP contribution in [0.2, 0.25) is 5.15 Å². The van der Waals surface area contributed by atoms with Gasteiger partial charge in [0.2, 0.25) is 0 Å². The number of hydrogen-bond donors (Lipinski definition) is 1. The Morgan fingerprint density at radius 2 is 1.85 bits per heavy atom. The van der Waals surface area contributed by atoms with Crippen LogP contribution in [0.3, 0.4) is 0 Å². The third-order valence-electron chi connectivity index (χ3n) is 3.02. The highest BCUT2D eigenvalue weighted by Gasteiger charge is 2.10. The Hall–Kier alpha value is -1.94. The van der Waals surface area contributed by atoms with Crippen LogP contribution in [0, 0.1) is 0 Å². The van der Waals surface area contributed by atoms with Gasteiger partial charge in [-0.2, -0.15) is 0 Å². The molecule has 1 aromatic carbocycles. The zero-order valence-electron chi connectivity index (χ0n) is 11.7. The quantitative estimate of drug-likeness (QED) is 0.848.